The quantitative estimate of drug-likeness (QED) is 0.759. The van der Waals surface area contributed by atoms with Gasteiger partial charge >= 0.3 is 0 Å². The number of aromatic nitrogens is 1. The van der Waals surface area contributed by atoms with Crippen LogP contribution in [0.3, 0.4) is 0 Å². The minimum absolute atomic E-state index is 0.0737. The number of morpholine rings is 1. The number of anilines is 1. The van der Waals surface area contributed by atoms with Crippen molar-refractivity contribution in [1.82, 2.24) is 9.46 Å². The Kier molecular flexibility index (Phi) is 6.25. The molecule has 10 heteroatoms. The summed E-state index contributed by atoms with van der Waals surface area (Å²) in [6.45, 7) is 8.26. The molecule has 1 N–H and O–H groups in total. The van der Waals surface area contributed by atoms with E-state index in [1.54, 1.807) is 19.9 Å². The summed E-state index contributed by atoms with van der Waals surface area (Å²) in [5, 5.41) is 6.53. The molecule has 158 valence electrons. The molecule has 1 aromatic carbocycles. The van der Waals surface area contributed by atoms with Crippen LogP contribution in [0.1, 0.15) is 35.7 Å². The highest BCUT2D eigenvalue weighted by molar-refractivity contribution is 7.89. The number of sulfonamides is 1. The summed E-state index contributed by atoms with van der Waals surface area (Å²) >= 11 is 0. The second-order valence-corrected chi connectivity index (χ2v) is 8.93. The van der Waals surface area contributed by atoms with E-state index in [1.165, 1.54) is 16.4 Å². The van der Waals surface area contributed by atoms with E-state index in [0.29, 0.717) is 36.0 Å². The molecule has 29 heavy (non-hydrogen) atoms. The molecule has 2 heterocycles. The van der Waals surface area contributed by atoms with Gasteiger partial charge in [0.1, 0.15) is 17.1 Å². The molecule has 1 fully saturated rings. The lowest BCUT2D eigenvalue weighted by Gasteiger charge is -2.26. The van der Waals surface area contributed by atoms with Crippen LogP contribution in [0.25, 0.3) is 0 Å². The van der Waals surface area contributed by atoms with Gasteiger partial charge in [0.25, 0.3) is 5.91 Å². The lowest BCUT2D eigenvalue weighted by Crippen LogP contribution is -2.40. The Morgan fingerprint density at radius 3 is 2.52 bits per heavy atom. The minimum atomic E-state index is -3.72. The van der Waals surface area contributed by atoms with Gasteiger partial charge in [-0.3, -0.25) is 4.79 Å². The lowest BCUT2D eigenvalue weighted by atomic mass is 10.2. The molecule has 1 amide bonds. The number of benzene rings is 1. The fraction of sp³-hybridized carbons (Fsp3) is 0.474. The van der Waals surface area contributed by atoms with E-state index < -0.39 is 15.9 Å². The third-order valence-electron chi connectivity index (χ3n) is 4.43. The van der Waals surface area contributed by atoms with Crippen LogP contribution in [-0.4, -0.2) is 56.2 Å². The first-order chi connectivity index (χ1) is 13.7. The maximum atomic E-state index is 13.0. The van der Waals surface area contributed by atoms with Gasteiger partial charge in [-0.2, -0.15) is 4.31 Å². The molecule has 1 aliphatic heterocycles. The van der Waals surface area contributed by atoms with Crippen LogP contribution >= 0.6 is 0 Å². The van der Waals surface area contributed by atoms with Crippen molar-refractivity contribution < 1.29 is 27.2 Å². The van der Waals surface area contributed by atoms with Crippen LogP contribution < -0.4 is 10.1 Å². The zero-order valence-electron chi connectivity index (χ0n) is 16.9. The van der Waals surface area contributed by atoms with E-state index in [0.717, 1.165) is 0 Å². The summed E-state index contributed by atoms with van der Waals surface area (Å²) in [6, 6.07) is 4.45. The third kappa shape index (κ3) is 4.60. The summed E-state index contributed by atoms with van der Waals surface area (Å²) in [6.07, 6.45) is -0.161. The highest BCUT2D eigenvalue weighted by Crippen LogP contribution is 2.31. The highest BCUT2D eigenvalue weighted by atomic mass is 32.2. The molecule has 0 aliphatic carbocycles. The predicted molar refractivity (Wildman–Crippen MR) is 106 cm³/mol. The first kappa shape index (κ1) is 21.3. The average molecular weight is 423 g/mol. The van der Waals surface area contributed by atoms with Gasteiger partial charge in [0.05, 0.1) is 35.6 Å². The SMILES string of the molecule is Cc1noc(C)c1C(=O)Nc1cc(S(=O)(=O)N2CCOCC2)ccc1OC(C)C. The van der Waals surface area contributed by atoms with Crippen molar-refractivity contribution in [2.24, 2.45) is 0 Å². The Balaban J connectivity index is 1.97. The number of amides is 1. The number of carbonyl (C=O) groups is 1. The second kappa shape index (κ2) is 8.52. The molecule has 2 aromatic rings. The number of hydrogen-bond acceptors (Lipinski definition) is 7. The Bertz CT molecular complexity index is 974. The fourth-order valence-electron chi connectivity index (χ4n) is 3.05. The third-order valence-corrected chi connectivity index (χ3v) is 6.32. The van der Waals surface area contributed by atoms with Crippen molar-refractivity contribution in [3.63, 3.8) is 0 Å². The van der Waals surface area contributed by atoms with Crippen molar-refractivity contribution >= 4 is 21.6 Å². The Morgan fingerprint density at radius 2 is 1.93 bits per heavy atom. The molecule has 3 rings (SSSR count). The van der Waals surface area contributed by atoms with Gasteiger partial charge in [0, 0.05) is 13.1 Å². The predicted octanol–water partition coefficient (Wildman–Crippen LogP) is 2.35. The van der Waals surface area contributed by atoms with Gasteiger partial charge in [-0.1, -0.05) is 5.16 Å². The molecule has 0 atom stereocenters. The Labute approximate surface area is 170 Å². The maximum absolute atomic E-state index is 13.0. The highest BCUT2D eigenvalue weighted by Gasteiger charge is 2.28. The molecule has 0 spiro atoms. The zero-order valence-corrected chi connectivity index (χ0v) is 17.7. The maximum Gasteiger partial charge on any atom is 0.261 e. The van der Waals surface area contributed by atoms with Crippen LogP contribution in [0.2, 0.25) is 0 Å². The Morgan fingerprint density at radius 1 is 1.24 bits per heavy atom. The molecule has 0 unspecified atom stereocenters. The van der Waals surface area contributed by atoms with Gasteiger partial charge in [0.2, 0.25) is 10.0 Å². The number of ether oxygens (including phenoxy) is 2. The van der Waals surface area contributed by atoms with Crippen LogP contribution in [0.15, 0.2) is 27.6 Å². The van der Waals surface area contributed by atoms with Crippen LogP contribution in [0.4, 0.5) is 5.69 Å². The van der Waals surface area contributed by atoms with Crippen LogP contribution in [-0.2, 0) is 14.8 Å². The first-order valence-corrected chi connectivity index (χ1v) is 10.8. The molecule has 1 aromatic heterocycles. The Hall–Kier alpha value is -2.43. The largest absolute Gasteiger partial charge is 0.489 e. The van der Waals surface area contributed by atoms with Crippen LogP contribution in [0, 0.1) is 13.8 Å². The van der Waals surface area contributed by atoms with Crippen LogP contribution in [0.5, 0.6) is 5.75 Å². The number of rotatable bonds is 6. The summed E-state index contributed by atoms with van der Waals surface area (Å²) in [7, 11) is -3.72. The van der Waals surface area contributed by atoms with Crippen molar-refractivity contribution in [3.8, 4) is 5.75 Å². The molecular formula is C19H25N3O6S. The molecule has 1 aliphatic rings. The monoisotopic (exact) mass is 423 g/mol. The topological polar surface area (TPSA) is 111 Å². The van der Waals surface area contributed by atoms with Crippen molar-refractivity contribution in [3.05, 3.63) is 35.2 Å². The average Bonchev–Trinajstić information content (AvgIpc) is 3.01. The number of nitrogens with zero attached hydrogens (tertiary/aromatic N) is 2. The van der Waals surface area contributed by atoms with Gasteiger partial charge in [-0.25, -0.2) is 8.42 Å². The summed E-state index contributed by atoms with van der Waals surface area (Å²) < 4.78 is 43.4. The summed E-state index contributed by atoms with van der Waals surface area (Å²) in [5.41, 5.74) is 1.02. The first-order valence-electron chi connectivity index (χ1n) is 9.33. The van der Waals surface area contributed by atoms with Gasteiger partial charge in [-0.15, -0.1) is 0 Å². The number of hydrogen-bond donors (Lipinski definition) is 1. The number of aryl methyl sites for hydroxylation is 2. The molecule has 9 nitrogen and oxygen atoms in total. The summed E-state index contributed by atoms with van der Waals surface area (Å²) in [4.78, 5) is 12.8. The zero-order chi connectivity index (χ0) is 21.2. The van der Waals surface area contributed by atoms with E-state index in [9.17, 15) is 13.2 Å². The fourth-order valence-corrected chi connectivity index (χ4v) is 4.49. The van der Waals surface area contributed by atoms with Gasteiger partial charge < -0.3 is 19.3 Å². The number of carbonyl (C=O) groups excluding carboxylic acids is 1. The summed E-state index contributed by atoms with van der Waals surface area (Å²) in [5.74, 6) is 0.306. The standard InChI is InChI=1S/C19H25N3O6S/c1-12(2)27-17-6-5-15(29(24,25)22-7-9-26-10-8-22)11-16(17)20-19(23)18-13(3)21-28-14(18)4/h5-6,11-12H,7-10H2,1-4H3,(H,20,23). The molecular weight excluding hydrogens is 398 g/mol. The van der Waals surface area contributed by atoms with Crippen molar-refractivity contribution in [1.29, 1.82) is 0 Å². The molecule has 0 bridgehead atoms. The van der Waals surface area contributed by atoms with Crippen molar-refractivity contribution in [2.75, 3.05) is 31.6 Å². The van der Waals surface area contributed by atoms with Crippen molar-refractivity contribution in [2.45, 2.75) is 38.7 Å². The van der Waals surface area contributed by atoms with E-state index >= 15 is 0 Å². The van der Waals surface area contributed by atoms with Gasteiger partial charge in [0.15, 0.2) is 0 Å². The van der Waals surface area contributed by atoms with E-state index in [1.807, 2.05) is 13.8 Å². The molecule has 0 saturated carbocycles. The normalized spacial score (nSPS) is 15.5. The molecule has 1 saturated heterocycles. The second-order valence-electron chi connectivity index (χ2n) is 6.99. The van der Waals surface area contributed by atoms with E-state index in [-0.39, 0.29) is 29.8 Å². The minimum Gasteiger partial charge on any atom is -0.489 e. The molecule has 0 radical (unpaired) electrons. The van der Waals surface area contributed by atoms with E-state index in [4.69, 9.17) is 14.0 Å². The lowest BCUT2D eigenvalue weighted by molar-refractivity contribution is 0.0730. The number of nitrogens with one attached hydrogen (secondary N) is 1. The van der Waals surface area contributed by atoms with Gasteiger partial charge in [-0.05, 0) is 45.9 Å². The smallest absolute Gasteiger partial charge is 0.261 e. The van der Waals surface area contributed by atoms with E-state index in [2.05, 4.69) is 10.5 Å².